The van der Waals surface area contributed by atoms with Gasteiger partial charge in [0.1, 0.15) is 0 Å². The fraction of sp³-hybridized carbons (Fsp3) is 0.100. The van der Waals surface area contributed by atoms with Gasteiger partial charge in [0.25, 0.3) is 0 Å². The molecular formula is C10H9NO2S. The van der Waals surface area contributed by atoms with Gasteiger partial charge in [0.15, 0.2) is 5.06 Å². The van der Waals surface area contributed by atoms with Crippen LogP contribution in [0.3, 0.4) is 0 Å². The SMILES string of the molecule is O=c1[nH]c(Cc2ccccc2)c(O)s1. The molecule has 14 heavy (non-hydrogen) atoms. The number of hydrogen-bond acceptors (Lipinski definition) is 3. The summed E-state index contributed by atoms with van der Waals surface area (Å²) in [7, 11) is 0. The highest BCUT2D eigenvalue weighted by Gasteiger charge is 2.06. The number of aromatic nitrogens is 1. The highest BCUT2D eigenvalue weighted by Crippen LogP contribution is 2.20. The first-order valence-corrected chi connectivity index (χ1v) is 5.02. The summed E-state index contributed by atoms with van der Waals surface area (Å²) in [5.41, 5.74) is 1.66. The Balaban J connectivity index is 2.27. The van der Waals surface area contributed by atoms with E-state index in [0.29, 0.717) is 12.1 Å². The summed E-state index contributed by atoms with van der Waals surface area (Å²) in [5, 5.41) is 9.46. The molecule has 4 heteroatoms. The second-order valence-corrected chi connectivity index (χ2v) is 3.92. The molecule has 1 heterocycles. The number of thiazole rings is 1. The highest BCUT2D eigenvalue weighted by atomic mass is 32.1. The maximum Gasteiger partial charge on any atom is 0.308 e. The van der Waals surface area contributed by atoms with Crippen molar-refractivity contribution in [2.45, 2.75) is 6.42 Å². The number of nitrogens with one attached hydrogen (secondary N) is 1. The molecule has 1 aromatic carbocycles. The lowest BCUT2D eigenvalue weighted by Gasteiger charge is -1.97. The third-order valence-electron chi connectivity index (χ3n) is 1.92. The first-order chi connectivity index (χ1) is 6.75. The Bertz CT molecular complexity index is 472. The van der Waals surface area contributed by atoms with Crippen molar-refractivity contribution in [2.75, 3.05) is 0 Å². The van der Waals surface area contributed by atoms with Crippen molar-refractivity contribution in [1.29, 1.82) is 0 Å². The minimum absolute atomic E-state index is 0.0823. The Kier molecular flexibility index (Phi) is 2.37. The van der Waals surface area contributed by atoms with E-state index in [-0.39, 0.29) is 9.94 Å². The summed E-state index contributed by atoms with van der Waals surface area (Å²) in [6.45, 7) is 0. The quantitative estimate of drug-likeness (QED) is 0.788. The fourth-order valence-electron chi connectivity index (χ4n) is 1.27. The second kappa shape index (κ2) is 3.67. The normalized spacial score (nSPS) is 10.3. The van der Waals surface area contributed by atoms with Gasteiger partial charge in [-0.05, 0) is 16.9 Å². The van der Waals surface area contributed by atoms with E-state index in [1.807, 2.05) is 30.3 Å². The summed E-state index contributed by atoms with van der Waals surface area (Å²) < 4.78 is 0. The number of aromatic hydroxyl groups is 1. The molecule has 0 bridgehead atoms. The third-order valence-corrected chi connectivity index (χ3v) is 2.65. The average molecular weight is 207 g/mol. The Morgan fingerprint density at radius 3 is 2.57 bits per heavy atom. The first kappa shape index (κ1) is 9.02. The largest absolute Gasteiger partial charge is 0.498 e. The Morgan fingerprint density at radius 2 is 2.00 bits per heavy atom. The number of H-pyrrole nitrogens is 1. The Hall–Kier alpha value is -1.55. The van der Waals surface area contributed by atoms with Gasteiger partial charge in [0, 0.05) is 6.42 Å². The van der Waals surface area contributed by atoms with Crippen LogP contribution in [0.25, 0.3) is 0 Å². The van der Waals surface area contributed by atoms with Crippen LogP contribution in [0, 0.1) is 0 Å². The van der Waals surface area contributed by atoms with E-state index in [1.54, 1.807) is 0 Å². The molecule has 3 nitrogen and oxygen atoms in total. The van der Waals surface area contributed by atoms with Gasteiger partial charge in [-0.25, -0.2) is 0 Å². The van der Waals surface area contributed by atoms with Crippen LogP contribution >= 0.6 is 11.3 Å². The van der Waals surface area contributed by atoms with Crippen LogP contribution in [0.5, 0.6) is 5.06 Å². The zero-order valence-corrected chi connectivity index (χ0v) is 8.17. The summed E-state index contributed by atoms with van der Waals surface area (Å²) >= 11 is 0.833. The van der Waals surface area contributed by atoms with E-state index in [4.69, 9.17) is 0 Å². The van der Waals surface area contributed by atoms with E-state index in [9.17, 15) is 9.90 Å². The summed E-state index contributed by atoms with van der Waals surface area (Å²) in [6.07, 6.45) is 0.561. The second-order valence-electron chi connectivity index (χ2n) is 2.96. The molecule has 0 aliphatic heterocycles. The van der Waals surface area contributed by atoms with Gasteiger partial charge in [0.2, 0.25) is 0 Å². The van der Waals surface area contributed by atoms with Gasteiger partial charge in [-0.1, -0.05) is 30.3 Å². The molecule has 0 spiro atoms. The molecule has 0 aliphatic carbocycles. The van der Waals surface area contributed by atoms with E-state index < -0.39 is 0 Å². The minimum Gasteiger partial charge on any atom is -0.498 e. The lowest BCUT2D eigenvalue weighted by molar-refractivity contribution is 0.483. The zero-order chi connectivity index (χ0) is 9.97. The van der Waals surface area contributed by atoms with Gasteiger partial charge in [0.05, 0.1) is 5.69 Å². The number of hydrogen-bond donors (Lipinski definition) is 2. The van der Waals surface area contributed by atoms with Crippen molar-refractivity contribution in [3.63, 3.8) is 0 Å². The van der Waals surface area contributed by atoms with Gasteiger partial charge in [-0.3, -0.25) is 4.79 Å². The van der Waals surface area contributed by atoms with Gasteiger partial charge in [-0.15, -0.1) is 0 Å². The molecule has 0 atom stereocenters. The molecule has 0 radical (unpaired) electrons. The van der Waals surface area contributed by atoms with E-state index in [1.165, 1.54) is 0 Å². The van der Waals surface area contributed by atoms with Gasteiger partial charge < -0.3 is 10.1 Å². The summed E-state index contributed by atoms with van der Waals surface area (Å²) in [4.78, 5) is 13.3. The molecule has 1 aromatic heterocycles. The van der Waals surface area contributed by atoms with Crippen LogP contribution in [0.1, 0.15) is 11.3 Å². The van der Waals surface area contributed by atoms with Crippen molar-refractivity contribution in [3.05, 3.63) is 51.3 Å². The molecule has 0 aliphatic rings. The van der Waals surface area contributed by atoms with Crippen molar-refractivity contribution < 1.29 is 5.11 Å². The van der Waals surface area contributed by atoms with Crippen LogP contribution in [0.2, 0.25) is 0 Å². The molecule has 2 rings (SSSR count). The lowest BCUT2D eigenvalue weighted by atomic mass is 10.1. The standard InChI is InChI=1S/C10H9NO2S/c12-9-8(11-10(13)14-9)6-7-4-2-1-3-5-7/h1-5,12H,6H2,(H,11,13). The van der Waals surface area contributed by atoms with Crippen LogP contribution in [0.4, 0.5) is 0 Å². The molecule has 72 valence electrons. The van der Waals surface area contributed by atoms with E-state index in [0.717, 1.165) is 16.9 Å². The first-order valence-electron chi connectivity index (χ1n) is 4.20. The van der Waals surface area contributed by atoms with E-state index >= 15 is 0 Å². The smallest absolute Gasteiger partial charge is 0.308 e. The van der Waals surface area contributed by atoms with Crippen molar-refractivity contribution in [3.8, 4) is 5.06 Å². The summed E-state index contributed by atoms with van der Waals surface area (Å²) in [5.74, 6) is 0. The van der Waals surface area contributed by atoms with Crippen molar-refractivity contribution in [1.82, 2.24) is 4.98 Å². The van der Waals surface area contributed by atoms with E-state index in [2.05, 4.69) is 4.98 Å². The molecule has 0 saturated heterocycles. The topological polar surface area (TPSA) is 53.1 Å². The molecule has 2 aromatic rings. The molecular weight excluding hydrogens is 198 g/mol. The predicted octanol–water partition coefficient (Wildman–Crippen LogP) is 1.73. The number of aromatic amines is 1. The van der Waals surface area contributed by atoms with Crippen LogP contribution in [0.15, 0.2) is 35.1 Å². The van der Waals surface area contributed by atoms with Crippen LogP contribution < -0.4 is 4.87 Å². The van der Waals surface area contributed by atoms with Gasteiger partial charge in [-0.2, -0.15) is 0 Å². The molecule has 2 N–H and O–H groups in total. The lowest BCUT2D eigenvalue weighted by Crippen LogP contribution is -1.96. The van der Waals surface area contributed by atoms with Crippen LogP contribution in [-0.2, 0) is 6.42 Å². The van der Waals surface area contributed by atoms with Crippen molar-refractivity contribution >= 4 is 11.3 Å². The maximum atomic E-state index is 10.9. The summed E-state index contributed by atoms with van der Waals surface area (Å²) in [6, 6.07) is 9.69. The molecule has 0 amide bonds. The minimum atomic E-state index is -0.214. The third kappa shape index (κ3) is 1.85. The Morgan fingerprint density at radius 1 is 1.29 bits per heavy atom. The zero-order valence-electron chi connectivity index (χ0n) is 7.36. The maximum absolute atomic E-state index is 10.9. The molecule has 0 fully saturated rings. The van der Waals surface area contributed by atoms with Crippen LogP contribution in [-0.4, -0.2) is 10.1 Å². The average Bonchev–Trinajstić information content (AvgIpc) is 2.47. The highest BCUT2D eigenvalue weighted by molar-refractivity contribution is 7.11. The molecule has 0 saturated carbocycles. The Labute approximate surface area is 84.7 Å². The van der Waals surface area contributed by atoms with Crippen molar-refractivity contribution in [2.24, 2.45) is 0 Å². The number of benzene rings is 1. The fourth-order valence-corrected chi connectivity index (χ4v) is 1.87. The predicted molar refractivity (Wildman–Crippen MR) is 55.9 cm³/mol. The monoisotopic (exact) mass is 207 g/mol. The molecule has 0 unspecified atom stereocenters. The van der Waals surface area contributed by atoms with Gasteiger partial charge >= 0.3 is 4.87 Å². The number of rotatable bonds is 2.